The van der Waals surface area contributed by atoms with Crippen molar-refractivity contribution in [3.05, 3.63) is 47.4 Å². The smallest absolute Gasteiger partial charge is 0.416 e. The van der Waals surface area contributed by atoms with E-state index in [1.54, 1.807) is 6.07 Å². The largest absolute Gasteiger partial charge is 0.496 e. The monoisotopic (exact) mass is 365 g/mol. The van der Waals surface area contributed by atoms with E-state index in [0.29, 0.717) is 17.2 Å². The molecule has 0 bridgehead atoms. The van der Waals surface area contributed by atoms with Gasteiger partial charge < -0.3 is 10.1 Å². The van der Waals surface area contributed by atoms with Gasteiger partial charge in [0.2, 0.25) is 0 Å². The van der Waals surface area contributed by atoms with Gasteiger partial charge in [-0.2, -0.15) is 27.8 Å². The zero-order valence-corrected chi connectivity index (χ0v) is 14.7. The highest BCUT2D eigenvalue weighted by Crippen LogP contribution is 2.38. The summed E-state index contributed by atoms with van der Waals surface area (Å²) < 4.78 is 45.6. The van der Waals surface area contributed by atoms with Gasteiger partial charge in [-0.25, -0.2) is 4.98 Å². The van der Waals surface area contributed by atoms with Gasteiger partial charge >= 0.3 is 6.18 Å². The third-order valence-corrected chi connectivity index (χ3v) is 4.02. The quantitative estimate of drug-likeness (QED) is 0.762. The molecule has 0 fully saturated rings. The number of hydrogen-bond acceptors (Lipinski definition) is 5. The van der Waals surface area contributed by atoms with E-state index in [9.17, 15) is 13.2 Å². The van der Waals surface area contributed by atoms with Crippen LogP contribution in [0.2, 0.25) is 0 Å². The van der Waals surface area contributed by atoms with Crippen molar-refractivity contribution in [1.82, 2.24) is 19.6 Å². The van der Waals surface area contributed by atoms with Gasteiger partial charge in [-0.3, -0.25) is 0 Å². The van der Waals surface area contributed by atoms with Crippen molar-refractivity contribution in [3.8, 4) is 5.75 Å². The standard InChI is InChI=1S/C17H18F3N5O/c1-10-7-14(25-15(23-10)21-9-22-25)24-16(2,3)12-6-5-11(17(18,19)20)8-13(12)26-4/h5-9,24H,1-4H3. The number of nitrogens with zero attached hydrogens (tertiary/aromatic N) is 4. The summed E-state index contributed by atoms with van der Waals surface area (Å²) >= 11 is 0. The van der Waals surface area contributed by atoms with E-state index in [1.807, 2.05) is 20.8 Å². The highest BCUT2D eigenvalue weighted by atomic mass is 19.4. The van der Waals surface area contributed by atoms with Gasteiger partial charge in [0.05, 0.1) is 18.2 Å². The lowest BCUT2D eigenvalue weighted by Gasteiger charge is -2.30. The Morgan fingerprint density at radius 3 is 2.54 bits per heavy atom. The van der Waals surface area contributed by atoms with Crippen LogP contribution < -0.4 is 10.1 Å². The van der Waals surface area contributed by atoms with Crippen LogP contribution in [0.3, 0.4) is 0 Å². The molecule has 0 amide bonds. The van der Waals surface area contributed by atoms with Crippen molar-refractivity contribution in [2.45, 2.75) is 32.5 Å². The van der Waals surface area contributed by atoms with Crippen LogP contribution in [0.5, 0.6) is 5.75 Å². The molecule has 0 aliphatic rings. The second-order valence-corrected chi connectivity index (χ2v) is 6.42. The minimum Gasteiger partial charge on any atom is -0.496 e. The van der Waals surface area contributed by atoms with Crippen molar-refractivity contribution in [2.24, 2.45) is 0 Å². The van der Waals surface area contributed by atoms with E-state index in [4.69, 9.17) is 4.74 Å². The van der Waals surface area contributed by atoms with Crippen LogP contribution in [0.15, 0.2) is 30.6 Å². The average Bonchev–Trinajstić information content (AvgIpc) is 3.01. The molecule has 0 aliphatic carbocycles. The van der Waals surface area contributed by atoms with Crippen molar-refractivity contribution in [1.29, 1.82) is 0 Å². The van der Waals surface area contributed by atoms with Crippen molar-refractivity contribution in [2.75, 3.05) is 12.4 Å². The van der Waals surface area contributed by atoms with Gasteiger partial charge in [-0.1, -0.05) is 6.07 Å². The van der Waals surface area contributed by atoms with Crippen LogP contribution in [0.25, 0.3) is 5.78 Å². The van der Waals surface area contributed by atoms with Crippen LogP contribution in [-0.4, -0.2) is 26.7 Å². The SMILES string of the molecule is COc1cc(C(F)(F)F)ccc1C(C)(C)Nc1cc(C)nc2ncnn12. The topological polar surface area (TPSA) is 64.3 Å². The lowest BCUT2D eigenvalue weighted by molar-refractivity contribution is -0.137. The normalized spacial score (nSPS) is 12.4. The van der Waals surface area contributed by atoms with Gasteiger partial charge in [0.1, 0.15) is 17.9 Å². The first-order valence-electron chi connectivity index (χ1n) is 7.83. The van der Waals surface area contributed by atoms with Crippen LogP contribution in [0.1, 0.15) is 30.7 Å². The van der Waals surface area contributed by atoms with Gasteiger partial charge in [-0.05, 0) is 32.9 Å². The maximum absolute atomic E-state index is 13.0. The zero-order valence-electron chi connectivity index (χ0n) is 14.7. The highest BCUT2D eigenvalue weighted by Gasteiger charge is 2.33. The molecule has 1 aromatic carbocycles. The van der Waals surface area contributed by atoms with E-state index >= 15 is 0 Å². The van der Waals surface area contributed by atoms with E-state index in [-0.39, 0.29) is 5.75 Å². The molecule has 0 unspecified atom stereocenters. The average molecular weight is 365 g/mol. The molecule has 9 heteroatoms. The Kier molecular flexibility index (Phi) is 4.25. The minimum atomic E-state index is -4.43. The summed E-state index contributed by atoms with van der Waals surface area (Å²) in [7, 11) is 1.35. The van der Waals surface area contributed by atoms with E-state index in [2.05, 4.69) is 20.4 Å². The summed E-state index contributed by atoms with van der Waals surface area (Å²) in [6.45, 7) is 5.51. The maximum atomic E-state index is 13.0. The second kappa shape index (κ2) is 6.15. The van der Waals surface area contributed by atoms with Crippen LogP contribution in [-0.2, 0) is 11.7 Å². The first-order chi connectivity index (χ1) is 12.1. The lowest BCUT2D eigenvalue weighted by atomic mass is 9.92. The molecule has 3 aromatic rings. The fourth-order valence-electron chi connectivity index (χ4n) is 2.79. The number of methoxy groups -OCH3 is 1. The number of aryl methyl sites for hydroxylation is 1. The Bertz CT molecular complexity index is 949. The molecule has 0 saturated carbocycles. The van der Waals surface area contributed by atoms with Crippen LogP contribution in [0.4, 0.5) is 19.0 Å². The number of ether oxygens (including phenoxy) is 1. The van der Waals surface area contributed by atoms with Gasteiger partial charge in [0.15, 0.2) is 0 Å². The Morgan fingerprint density at radius 1 is 1.15 bits per heavy atom. The van der Waals surface area contributed by atoms with Crippen molar-refractivity contribution >= 4 is 11.6 Å². The van der Waals surface area contributed by atoms with Crippen LogP contribution >= 0.6 is 0 Å². The Hall–Kier alpha value is -2.84. The molecule has 0 saturated heterocycles. The van der Waals surface area contributed by atoms with Crippen molar-refractivity contribution in [3.63, 3.8) is 0 Å². The summed E-state index contributed by atoms with van der Waals surface area (Å²) in [5, 5.41) is 7.42. The fraction of sp³-hybridized carbons (Fsp3) is 0.353. The summed E-state index contributed by atoms with van der Waals surface area (Å²) in [6, 6.07) is 5.26. The third kappa shape index (κ3) is 3.29. The molecule has 3 rings (SSSR count). The van der Waals surface area contributed by atoms with E-state index in [1.165, 1.54) is 24.0 Å². The summed E-state index contributed by atoms with van der Waals surface area (Å²) in [5.74, 6) is 1.21. The summed E-state index contributed by atoms with van der Waals surface area (Å²) in [4.78, 5) is 8.34. The van der Waals surface area contributed by atoms with Crippen LogP contribution in [0, 0.1) is 6.92 Å². The number of hydrogen-bond donors (Lipinski definition) is 1. The third-order valence-electron chi connectivity index (χ3n) is 4.02. The molecule has 26 heavy (non-hydrogen) atoms. The molecule has 0 radical (unpaired) electrons. The van der Waals surface area contributed by atoms with Gasteiger partial charge in [0.25, 0.3) is 5.78 Å². The molecule has 2 aromatic heterocycles. The number of nitrogens with one attached hydrogen (secondary N) is 1. The number of halogens is 3. The Labute approximate surface area is 148 Å². The van der Waals surface area contributed by atoms with Gasteiger partial charge in [-0.15, -0.1) is 0 Å². The minimum absolute atomic E-state index is 0.151. The molecular weight excluding hydrogens is 347 g/mol. The van der Waals surface area contributed by atoms with Crippen molar-refractivity contribution < 1.29 is 17.9 Å². The number of aromatic nitrogens is 4. The number of rotatable bonds is 4. The van der Waals surface area contributed by atoms with E-state index < -0.39 is 17.3 Å². The number of benzene rings is 1. The molecule has 0 aliphatic heterocycles. The molecule has 1 N–H and O–H groups in total. The fourth-order valence-corrected chi connectivity index (χ4v) is 2.79. The molecule has 2 heterocycles. The predicted octanol–water partition coefficient (Wildman–Crippen LogP) is 3.81. The maximum Gasteiger partial charge on any atom is 0.416 e. The number of fused-ring (bicyclic) bond motifs is 1. The molecule has 0 atom stereocenters. The molecular formula is C17H18F3N5O. The Balaban J connectivity index is 2.03. The van der Waals surface area contributed by atoms with E-state index in [0.717, 1.165) is 17.8 Å². The molecule has 138 valence electrons. The zero-order chi connectivity index (χ0) is 19.1. The predicted molar refractivity (Wildman–Crippen MR) is 90.2 cm³/mol. The second-order valence-electron chi connectivity index (χ2n) is 6.42. The highest BCUT2D eigenvalue weighted by molar-refractivity contribution is 5.51. The summed E-state index contributed by atoms with van der Waals surface area (Å²) in [5.41, 5.74) is -0.187. The number of alkyl halides is 3. The molecule has 6 nitrogen and oxygen atoms in total. The Morgan fingerprint density at radius 2 is 1.88 bits per heavy atom. The number of anilines is 1. The lowest BCUT2D eigenvalue weighted by Crippen LogP contribution is -2.30. The first-order valence-corrected chi connectivity index (χ1v) is 7.83. The van der Waals surface area contributed by atoms with Gasteiger partial charge in [0, 0.05) is 17.3 Å². The molecule has 0 spiro atoms. The summed E-state index contributed by atoms with van der Waals surface area (Å²) in [6.07, 6.45) is -3.04. The first kappa shape index (κ1) is 18.0.